The molecule has 0 N–H and O–H groups in total. The monoisotopic (exact) mass is 209 g/mol. The van der Waals surface area contributed by atoms with Crippen molar-refractivity contribution in [1.82, 2.24) is 4.98 Å². The Morgan fingerprint density at radius 1 is 1.53 bits per heavy atom. The largest absolute Gasteiger partial charge is 0.467 e. The average Bonchev–Trinajstić information content (AvgIpc) is 2.29. The van der Waals surface area contributed by atoms with Crippen molar-refractivity contribution in [1.29, 1.82) is 0 Å². The topological polar surface area (TPSA) is 48.4 Å². The minimum atomic E-state index is -0.515. The van der Waals surface area contributed by atoms with E-state index in [4.69, 9.17) is 4.74 Å². The molecule has 1 aromatic heterocycles. The van der Waals surface area contributed by atoms with Crippen LogP contribution in [0.4, 0.5) is 0 Å². The van der Waals surface area contributed by atoms with Crippen LogP contribution in [0, 0.1) is 0 Å². The number of nitrogens with zero attached hydrogens (tertiary/aromatic N) is 1. The van der Waals surface area contributed by atoms with Gasteiger partial charge in [-0.15, -0.1) is 0 Å². The third-order valence-electron chi connectivity index (χ3n) is 1.99. The van der Waals surface area contributed by atoms with Gasteiger partial charge in [-0.05, 0) is 19.1 Å². The summed E-state index contributed by atoms with van der Waals surface area (Å²) in [4.78, 5) is 15.1. The molecule has 1 aromatic rings. The molecule has 0 aliphatic rings. The van der Waals surface area contributed by atoms with Crippen LogP contribution in [0.5, 0.6) is 0 Å². The van der Waals surface area contributed by atoms with Crippen LogP contribution >= 0.6 is 0 Å². The van der Waals surface area contributed by atoms with Crippen molar-refractivity contribution in [3.63, 3.8) is 0 Å². The lowest BCUT2D eigenvalue weighted by Crippen LogP contribution is -2.23. The van der Waals surface area contributed by atoms with Gasteiger partial charge in [0.1, 0.15) is 0 Å². The van der Waals surface area contributed by atoms with Crippen LogP contribution < -0.4 is 0 Å². The molecule has 0 bridgehead atoms. The number of aromatic nitrogens is 1. The molecule has 0 aromatic carbocycles. The first-order chi connectivity index (χ1) is 7.24. The van der Waals surface area contributed by atoms with Crippen LogP contribution in [0.15, 0.2) is 24.4 Å². The number of carbonyl (C=O) groups excluding carboxylic acids is 1. The highest BCUT2D eigenvalue weighted by atomic mass is 16.6. The van der Waals surface area contributed by atoms with Crippen LogP contribution in [0.3, 0.4) is 0 Å². The SMILES string of the molecule is COC(=O)[C@@H](C)OCCc1ccccn1. The Hall–Kier alpha value is -1.42. The quantitative estimate of drug-likeness (QED) is 0.684. The molecule has 0 fully saturated rings. The lowest BCUT2D eigenvalue weighted by molar-refractivity contribution is -0.152. The van der Waals surface area contributed by atoms with Gasteiger partial charge in [-0.1, -0.05) is 6.07 Å². The number of rotatable bonds is 5. The molecule has 0 saturated carbocycles. The van der Waals surface area contributed by atoms with E-state index in [9.17, 15) is 4.79 Å². The van der Waals surface area contributed by atoms with Crippen molar-refractivity contribution >= 4 is 5.97 Å². The molecular formula is C11H15NO3. The normalized spacial score (nSPS) is 12.1. The number of methoxy groups -OCH3 is 1. The highest BCUT2D eigenvalue weighted by molar-refractivity contribution is 5.73. The molecule has 1 rings (SSSR count). The predicted octanol–water partition coefficient (Wildman–Crippen LogP) is 1.20. The maximum absolute atomic E-state index is 11.0. The highest BCUT2D eigenvalue weighted by Gasteiger charge is 2.12. The van der Waals surface area contributed by atoms with Crippen molar-refractivity contribution in [2.75, 3.05) is 13.7 Å². The van der Waals surface area contributed by atoms with E-state index in [-0.39, 0.29) is 5.97 Å². The minimum absolute atomic E-state index is 0.351. The van der Waals surface area contributed by atoms with Gasteiger partial charge in [-0.2, -0.15) is 0 Å². The van der Waals surface area contributed by atoms with E-state index in [2.05, 4.69) is 9.72 Å². The summed E-state index contributed by atoms with van der Waals surface area (Å²) in [7, 11) is 1.35. The van der Waals surface area contributed by atoms with Gasteiger partial charge in [0.15, 0.2) is 6.10 Å². The maximum Gasteiger partial charge on any atom is 0.334 e. The van der Waals surface area contributed by atoms with Crippen LogP contribution in [0.25, 0.3) is 0 Å². The molecule has 15 heavy (non-hydrogen) atoms. The second-order valence-corrected chi connectivity index (χ2v) is 3.11. The van der Waals surface area contributed by atoms with E-state index in [1.54, 1.807) is 13.1 Å². The Morgan fingerprint density at radius 3 is 2.93 bits per heavy atom. The summed E-state index contributed by atoms with van der Waals surface area (Å²) in [6.45, 7) is 2.14. The van der Waals surface area contributed by atoms with E-state index in [0.717, 1.165) is 5.69 Å². The molecule has 1 atom stereocenters. The van der Waals surface area contributed by atoms with Gasteiger partial charge in [0.2, 0.25) is 0 Å². The zero-order valence-electron chi connectivity index (χ0n) is 8.97. The molecule has 4 heteroatoms. The van der Waals surface area contributed by atoms with Crippen molar-refractivity contribution < 1.29 is 14.3 Å². The summed E-state index contributed by atoms with van der Waals surface area (Å²) >= 11 is 0. The smallest absolute Gasteiger partial charge is 0.334 e. The molecule has 0 aliphatic heterocycles. The Morgan fingerprint density at radius 2 is 2.33 bits per heavy atom. The number of esters is 1. The lowest BCUT2D eigenvalue weighted by Gasteiger charge is -2.09. The van der Waals surface area contributed by atoms with Gasteiger partial charge in [0, 0.05) is 18.3 Å². The number of pyridine rings is 1. The number of carbonyl (C=O) groups is 1. The summed E-state index contributed by atoms with van der Waals surface area (Å²) in [6.07, 6.45) is 1.92. The van der Waals surface area contributed by atoms with Gasteiger partial charge in [-0.3, -0.25) is 4.98 Å². The molecule has 4 nitrogen and oxygen atoms in total. The van der Waals surface area contributed by atoms with E-state index in [1.807, 2.05) is 18.2 Å². The van der Waals surface area contributed by atoms with Crippen LogP contribution in [0.1, 0.15) is 12.6 Å². The van der Waals surface area contributed by atoms with Crippen molar-refractivity contribution in [3.8, 4) is 0 Å². The van der Waals surface area contributed by atoms with Gasteiger partial charge in [-0.25, -0.2) is 4.79 Å². The van der Waals surface area contributed by atoms with Gasteiger partial charge in [0.25, 0.3) is 0 Å². The maximum atomic E-state index is 11.0. The molecule has 0 saturated heterocycles. The first kappa shape index (κ1) is 11.7. The van der Waals surface area contributed by atoms with Crippen molar-refractivity contribution in [3.05, 3.63) is 30.1 Å². The highest BCUT2D eigenvalue weighted by Crippen LogP contribution is 1.98. The fraction of sp³-hybridized carbons (Fsp3) is 0.455. The first-order valence-corrected chi connectivity index (χ1v) is 4.83. The molecule has 0 radical (unpaired) electrons. The van der Waals surface area contributed by atoms with Gasteiger partial charge < -0.3 is 9.47 Å². The first-order valence-electron chi connectivity index (χ1n) is 4.83. The second-order valence-electron chi connectivity index (χ2n) is 3.11. The fourth-order valence-corrected chi connectivity index (χ4v) is 1.12. The standard InChI is InChI=1S/C11H15NO3/c1-9(11(13)14-2)15-8-6-10-5-3-4-7-12-10/h3-5,7,9H,6,8H2,1-2H3/t9-/m1/s1. The number of ether oxygens (including phenoxy) is 2. The van der Waals surface area contributed by atoms with Crippen LogP contribution in [-0.4, -0.2) is 30.8 Å². The molecule has 0 amide bonds. The Kier molecular flexibility index (Phi) is 4.77. The summed E-state index contributed by atoms with van der Waals surface area (Å²) < 4.78 is 9.82. The molecule has 0 spiro atoms. The third-order valence-corrected chi connectivity index (χ3v) is 1.99. The number of hydrogen-bond donors (Lipinski definition) is 0. The van der Waals surface area contributed by atoms with Crippen LogP contribution in [-0.2, 0) is 20.7 Å². The van der Waals surface area contributed by atoms with Crippen molar-refractivity contribution in [2.24, 2.45) is 0 Å². The Balaban J connectivity index is 2.25. The van der Waals surface area contributed by atoms with Crippen molar-refractivity contribution in [2.45, 2.75) is 19.4 Å². The zero-order chi connectivity index (χ0) is 11.1. The average molecular weight is 209 g/mol. The molecular weight excluding hydrogens is 194 g/mol. The summed E-state index contributed by atoms with van der Waals surface area (Å²) in [6, 6.07) is 5.71. The summed E-state index contributed by atoms with van der Waals surface area (Å²) in [5, 5.41) is 0. The van der Waals surface area contributed by atoms with E-state index in [0.29, 0.717) is 13.0 Å². The van der Waals surface area contributed by atoms with Crippen LogP contribution in [0.2, 0.25) is 0 Å². The lowest BCUT2D eigenvalue weighted by atomic mass is 10.3. The second kappa shape index (κ2) is 6.14. The summed E-state index contributed by atoms with van der Waals surface area (Å²) in [5.74, 6) is -0.351. The van der Waals surface area contributed by atoms with E-state index in [1.165, 1.54) is 7.11 Å². The predicted molar refractivity (Wildman–Crippen MR) is 55.4 cm³/mol. The molecule has 82 valence electrons. The molecule has 0 unspecified atom stereocenters. The summed E-state index contributed by atoms with van der Waals surface area (Å²) in [5.41, 5.74) is 0.953. The van der Waals surface area contributed by atoms with Gasteiger partial charge >= 0.3 is 5.97 Å². The minimum Gasteiger partial charge on any atom is -0.467 e. The molecule has 1 heterocycles. The Labute approximate surface area is 89.2 Å². The Bertz CT molecular complexity index is 300. The fourth-order valence-electron chi connectivity index (χ4n) is 1.12. The third kappa shape index (κ3) is 4.08. The zero-order valence-corrected chi connectivity index (χ0v) is 8.97. The van der Waals surface area contributed by atoms with E-state index >= 15 is 0 Å². The van der Waals surface area contributed by atoms with Gasteiger partial charge in [0.05, 0.1) is 13.7 Å². The number of hydrogen-bond acceptors (Lipinski definition) is 4. The molecule has 0 aliphatic carbocycles. The van der Waals surface area contributed by atoms with E-state index < -0.39 is 6.10 Å².